The van der Waals surface area contributed by atoms with Gasteiger partial charge in [-0.1, -0.05) is 0 Å². The van der Waals surface area contributed by atoms with E-state index in [1.165, 1.54) is 55.3 Å². The Morgan fingerprint density at radius 3 is 2.60 bits per heavy atom. The highest BCUT2D eigenvalue weighted by atomic mass is 19.1. The van der Waals surface area contributed by atoms with Crippen LogP contribution in [0.5, 0.6) is 11.5 Å². The van der Waals surface area contributed by atoms with Crippen LogP contribution < -0.4 is 14.8 Å². The molecule has 3 aromatic rings. The molecule has 0 aliphatic heterocycles. The number of nitrogens with zero attached hydrogens (tertiary/aromatic N) is 4. The monoisotopic (exact) mass is 415 g/mol. The average molecular weight is 415 g/mol. The molecule has 0 aliphatic carbocycles. The number of anilines is 1. The molecule has 1 N–H and O–H groups in total. The van der Waals surface area contributed by atoms with Crippen molar-refractivity contribution < 1.29 is 28.2 Å². The normalized spacial score (nSPS) is 10.4. The SMILES string of the molecule is COC(=O)COc1ccc(C(=O)Nc2ccc(F)c(-n3nnnc3C)c2)cc1OC. The second kappa shape index (κ2) is 8.99. The van der Waals surface area contributed by atoms with Crippen molar-refractivity contribution in [1.29, 1.82) is 0 Å². The van der Waals surface area contributed by atoms with Gasteiger partial charge in [-0.2, -0.15) is 4.68 Å². The number of nitrogens with one attached hydrogen (secondary N) is 1. The van der Waals surface area contributed by atoms with Crippen molar-refractivity contribution in [2.24, 2.45) is 0 Å². The van der Waals surface area contributed by atoms with Gasteiger partial charge in [-0.15, -0.1) is 5.10 Å². The number of carbonyl (C=O) groups is 2. The first-order chi connectivity index (χ1) is 14.4. The van der Waals surface area contributed by atoms with Crippen LogP contribution in [0.1, 0.15) is 16.2 Å². The molecule has 30 heavy (non-hydrogen) atoms. The Morgan fingerprint density at radius 1 is 1.13 bits per heavy atom. The number of tetrazole rings is 1. The molecule has 11 heteroatoms. The van der Waals surface area contributed by atoms with E-state index in [0.717, 1.165) is 0 Å². The van der Waals surface area contributed by atoms with Crippen LogP contribution in [0.2, 0.25) is 0 Å². The van der Waals surface area contributed by atoms with E-state index in [1.807, 2.05) is 0 Å². The highest BCUT2D eigenvalue weighted by Crippen LogP contribution is 2.28. The summed E-state index contributed by atoms with van der Waals surface area (Å²) in [5.41, 5.74) is 0.706. The number of amides is 1. The maximum Gasteiger partial charge on any atom is 0.343 e. The van der Waals surface area contributed by atoms with Crippen molar-refractivity contribution in [2.75, 3.05) is 26.1 Å². The van der Waals surface area contributed by atoms with Crippen LogP contribution in [0.3, 0.4) is 0 Å². The number of halogens is 1. The lowest BCUT2D eigenvalue weighted by Crippen LogP contribution is -2.14. The zero-order valence-corrected chi connectivity index (χ0v) is 16.4. The summed E-state index contributed by atoms with van der Waals surface area (Å²) in [4.78, 5) is 23.9. The summed E-state index contributed by atoms with van der Waals surface area (Å²) >= 11 is 0. The number of hydrogen-bond acceptors (Lipinski definition) is 8. The number of esters is 1. The third-order valence-corrected chi connectivity index (χ3v) is 4.06. The van der Waals surface area contributed by atoms with Crippen molar-refractivity contribution >= 4 is 17.6 Å². The van der Waals surface area contributed by atoms with Gasteiger partial charge in [0.1, 0.15) is 11.5 Å². The number of rotatable bonds is 7. The van der Waals surface area contributed by atoms with Crippen LogP contribution >= 0.6 is 0 Å². The third kappa shape index (κ3) is 4.51. The summed E-state index contributed by atoms with van der Waals surface area (Å²) in [5, 5.41) is 13.6. The first-order valence-electron chi connectivity index (χ1n) is 8.67. The van der Waals surface area contributed by atoms with Crippen LogP contribution in [0, 0.1) is 12.7 Å². The minimum absolute atomic E-state index is 0.0967. The molecule has 0 unspecified atom stereocenters. The summed E-state index contributed by atoms with van der Waals surface area (Å²) in [6.07, 6.45) is 0. The molecular weight excluding hydrogens is 397 g/mol. The predicted octanol–water partition coefficient (Wildman–Crippen LogP) is 1.92. The second-order valence-corrected chi connectivity index (χ2v) is 5.99. The first kappa shape index (κ1) is 20.7. The highest BCUT2D eigenvalue weighted by molar-refractivity contribution is 6.04. The number of hydrogen-bond donors (Lipinski definition) is 1. The Balaban J connectivity index is 1.79. The molecule has 0 saturated carbocycles. The molecule has 1 amide bonds. The largest absolute Gasteiger partial charge is 0.493 e. The van der Waals surface area contributed by atoms with Crippen molar-refractivity contribution in [3.63, 3.8) is 0 Å². The number of carbonyl (C=O) groups excluding carboxylic acids is 2. The molecule has 0 spiro atoms. The van der Waals surface area contributed by atoms with Crippen LogP contribution in [-0.2, 0) is 9.53 Å². The number of methoxy groups -OCH3 is 2. The van der Waals surface area contributed by atoms with E-state index in [4.69, 9.17) is 9.47 Å². The van der Waals surface area contributed by atoms with Crippen LogP contribution in [-0.4, -0.2) is 52.9 Å². The zero-order valence-electron chi connectivity index (χ0n) is 16.4. The standard InChI is InChI=1S/C19H18FN5O5/c1-11-22-23-24-25(11)15-9-13(5-6-14(15)20)21-19(27)12-4-7-16(17(8-12)28-2)30-10-18(26)29-3/h4-9H,10H2,1-3H3,(H,21,27). The quantitative estimate of drug-likeness (QED) is 0.582. The molecule has 1 heterocycles. The third-order valence-electron chi connectivity index (χ3n) is 4.06. The smallest absolute Gasteiger partial charge is 0.343 e. The van der Waals surface area contributed by atoms with Crippen molar-refractivity contribution in [1.82, 2.24) is 20.2 Å². The Kier molecular flexibility index (Phi) is 6.20. The van der Waals surface area contributed by atoms with Gasteiger partial charge in [0.05, 0.1) is 14.2 Å². The van der Waals surface area contributed by atoms with E-state index >= 15 is 0 Å². The molecule has 156 valence electrons. The Hall–Kier alpha value is -4.02. The fourth-order valence-corrected chi connectivity index (χ4v) is 2.53. The minimum Gasteiger partial charge on any atom is -0.493 e. The van der Waals surface area contributed by atoms with Crippen molar-refractivity contribution in [3.8, 4) is 17.2 Å². The van der Waals surface area contributed by atoms with Crippen LogP contribution in [0.15, 0.2) is 36.4 Å². The molecule has 2 aromatic carbocycles. The molecule has 0 bridgehead atoms. The second-order valence-electron chi connectivity index (χ2n) is 5.99. The molecular formula is C19H18FN5O5. The molecule has 1 aromatic heterocycles. The van der Waals surface area contributed by atoms with E-state index in [0.29, 0.717) is 11.5 Å². The number of aromatic nitrogens is 4. The Morgan fingerprint density at radius 2 is 1.93 bits per heavy atom. The van der Waals surface area contributed by atoms with E-state index in [2.05, 4.69) is 25.6 Å². The lowest BCUT2D eigenvalue weighted by atomic mass is 10.1. The Bertz CT molecular complexity index is 1080. The van der Waals surface area contributed by atoms with Gasteiger partial charge < -0.3 is 19.5 Å². The lowest BCUT2D eigenvalue weighted by Gasteiger charge is -2.12. The maximum absolute atomic E-state index is 14.2. The summed E-state index contributed by atoms with van der Waals surface area (Å²) in [7, 11) is 2.65. The van der Waals surface area contributed by atoms with E-state index in [-0.39, 0.29) is 29.4 Å². The van der Waals surface area contributed by atoms with Crippen molar-refractivity contribution in [2.45, 2.75) is 6.92 Å². The first-order valence-corrected chi connectivity index (χ1v) is 8.67. The van der Waals surface area contributed by atoms with Gasteiger partial charge in [-0.05, 0) is 53.7 Å². The zero-order chi connectivity index (χ0) is 21.7. The number of benzene rings is 2. The minimum atomic E-state index is -0.552. The molecule has 0 saturated heterocycles. The molecule has 10 nitrogen and oxygen atoms in total. The van der Waals surface area contributed by atoms with Gasteiger partial charge in [0, 0.05) is 11.3 Å². The van der Waals surface area contributed by atoms with Crippen LogP contribution in [0.25, 0.3) is 5.69 Å². The lowest BCUT2D eigenvalue weighted by molar-refractivity contribution is -0.142. The van der Waals surface area contributed by atoms with Gasteiger partial charge in [-0.25, -0.2) is 9.18 Å². The Labute approximate surface area is 170 Å². The van der Waals surface area contributed by atoms with Gasteiger partial charge in [0.2, 0.25) is 0 Å². The summed E-state index contributed by atoms with van der Waals surface area (Å²) in [6.45, 7) is 1.33. The number of ether oxygens (including phenoxy) is 3. The van der Waals surface area contributed by atoms with Gasteiger partial charge >= 0.3 is 5.97 Å². The molecule has 3 rings (SSSR count). The fourth-order valence-electron chi connectivity index (χ4n) is 2.53. The summed E-state index contributed by atoms with van der Waals surface area (Å²) < 4.78 is 30.5. The van der Waals surface area contributed by atoms with E-state index < -0.39 is 17.7 Å². The van der Waals surface area contributed by atoms with E-state index in [1.54, 1.807) is 6.92 Å². The fraction of sp³-hybridized carbons (Fsp3) is 0.211. The van der Waals surface area contributed by atoms with Gasteiger partial charge in [-0.3, -0.25) is 4.79 Å². The highest BCUT2D eigenvalue weighted by Gasteiger charge is 2.15. The molecule has 0 fully saturated rings. The summed E-state index contributed by atoms with van der Waals surface area (Å²) in [5.74, 6) is -0.627. The predicted molar refractivity (Wildman–Crippen MR) is 102 cm³/mol. The van der Waals surface area contributed by atoms with Gasteiger partial charge in [0.15, 0.2) is 23.9 Å². The van der Waals surface area contributed by atoms with E-state index in [9.17, 15) is 14.0 Å². The van der Waals surface area contributed by atoms with Crippen molar-refractivity contribution in [3.05, 3.63) is 53.6 Å². The number of aryl methyl sites for hydroxylation is 1. The van der Waals surface area contributed by atoms with Gasteiger partial charge in [0.25, 0.3) is 5.91 Å². The maximum atomic E-state index is 14.2. The molecule has 0 radical (unpaired) electrons. The average Bonchev–Trinajstić information content (AvgIpc) is 3.18. The molecule has 0 aliphatic rings. The topological polar surface area (TPSA) is 117 Å². The molecule has 0 atom stereocenters. The summed E-state index contributed by atoms with van der Waals surface area (Å²) in [6, 6.07) is 8.50. The van der Waals surface area contributed by atoms with Crippen LogP contribution in [0.4, 0.5) is 10.1 Å².